The zero-order chi connectivity index (χ0) is 30.5. The number of nitrogens with zero attached hydrogens (tertiary/aromatic N) is 1. The predicted molar refractivity (Wildman–Crippen MR) is 168 cm³/mol. The highest BCUT2D eigenvalue weighted by Crippen LogP contribution is 2.50. The van der Waals surface area contributed by atoms with E-state index in [1.54, 1.807) is 14.2 Å². The normalized spacial score (nSPS) is 26.8. The second-order valence-electron chi connectivity index (χ2n) is 11.8. The predicted octanol–water partition coefficient (Wildman–Crippen LogP) is 6.26. The molecule has 10 heteroatoms. The zero-order valence-corrected chi connectivity index (χ0v) is 26.6. The van der Waals surface area contributed by atoms with Crippen molar-refractivity contribution in [3.05, 3.63) is 88.4 Å². The lowest BCUT2D eigenvalue weighted by atomic mass is 9.90. The van der Waals surface area contributed by atoms with Gasteiger partial charge in [0.1, 0.15) is 29.2 Å². The Morgan fingerprint density at radius 2 is 1.77 bits per heavy atom. The van der Waals surface area contributed by atoms with Crippen LogP contribution in [-0.4, -0.2) is 61.8 Å². The van der Waals surface area contributed by atoms with E-state index in [4.69, 9.17) is 38.1 Å². The Balaban J connectivity index is 1.11. The SMILES string of the molecule is COc1ccc(CNc2nc3cc(CC4OC[C@@]5(Oc6ccccc6)[C@@H]4O[C@@H]4OC(C)(C)O[C@@H]45)ccc3cc2Br)c(OC)c1. The minimum absolute atomic E-state index is 0.257. The Kier molecular flexibility index (Phi) is 7.66. The Bertz CT molecular complexity index is 1670. The standard InChI is InChI=1S/C34H35BrN2O7/c1-33(2)43-30-32(44-33)41-29-28(40-19-34(29,30)42-23-8-6-5-7-9-23)15-20-10-11-21-16-25(35)31(37-26(21)14-20)36-18-22-12-13-24(38-3)17-27(22)39-4/h5-14,16-17,28-30,32H,15,18-19H2,1-4H3,(H,36,37)/t28?,29-,30+,32-,34-/m1/s1. The van der Waals surface area contributed by atoms with Gasteiger partial charge >= 0.3 is 0 Å². The molecule has 1 unspecified atom stereocenters. The van der Waals surface area contributed by atoms with Gasteiger partial charge in [-0.2, -0.15) is 0 Å². The van der Waals surface area contributed by atoms with Gasteiger partial charge in [0.15, 0.2) is 23.8 Å². The van der Waals surface area contributed by atoms with E-state index < -0.39 is 23.8 Å². The summed E-state index contributed by atoms with van der Waals surface area (Å²) < 4.78 is 43.8. The Hall–Kier alpha value is -3.41. The van der Waals surface area contributed by atoms with Crippen LogP contribution in [0.2, 0.25) is 0 Å². The Morgan fingerprint density at radius 1 is 0.932 bits per heavy atom. The summed E-state index contributed by atoms with van der Waals surface area (Å²) in [5.41, 5.74) is 2.12. The minimum atomic E-state index is -0.829. The Labute approximate surface area is 264 Å². The molecule has 3 aliphatic heterocycles. The number of nitrogens with one attached hydrogen (secondary N) is 1. The van der Waals surface area contributed by atoms with Crippen molar-refractivity contribution in [3.63, 3.8) is 0 Å². The number of hydrogen-bond acceptors (Lipinski definition) is 9. The van der Waals surface area contributed by atoms with E-state index in [0.29, 0.717) is 19.6 Å². The van der Waals surface area contributed by atoms with E-state index in [0.717, 1.165) is 49.6 Å². The third-order valence-electron chi connectivity index (χ3n) is 8.43. The fourth-order valence-corrected chi connectivity index (χ4v) is 6.81. The van der Waals surface area contributed by atoms with Crippen molar-refractivity contribution in [2.24, 2.45) is 0 Å². The van der Waals surface area contributed by atoms with Gasteiger partial charge in [-0.1, -0.05) is 30.3 Å². The van der Waals surface area contributed by atoms with E-state index in [1.165, 1.54) is 0 Å². The van der Waals surface area contributed by atoms with Crippen LogP contribution < -0.4 is 19.5 Å². The first kappa shape index (κ1) is 29.3. The average Bonchev–Trinajstić information content (AvgIpc) is 3.61. The van der Waals surface area contributed by atoms with Crippen molar-refractivity contribution in [1.82, 2.24) is 4.98 Å². The van der Waals surface area contributed by atoms with E-state index in [1.807, 2.05) is 62.4 Å². The number of fused-ring (bicyclic) bond motifs is 4. The summed E-state index contributed by atoms with van der Waals surface area (Å²) in [4.78, 5) is 4.95. The van der Waals surface area contributed by atoms with Crippen molar-refractivity contribution < 1.29 is 33.2 Å². The molecule has 1 aromatic heterocycles. The molecule has 1 N–H and O–H groups in total. The van der Waals surface area contributed by atoms with E-state index in [-0.39, 0.29) is 12.2 Å². The maximum absolute atomic E-state index is 6.66. The highest BCUT2D eigenvalue weighted by molar-refractivity contribution is 9.10. The molecule has 4 heterocycles. The first-order valence-corrected chi connectivity index (χ1v) is 15.5. The molecule has 4 aromatic rings. The molecule has 7 rings (SSSR count). The summed E-state index contributed by atoms with van der Waals surface area (Å²) in [6, 6.07) is 23.9. The van der Waals surface area contributed by atoms with Gasteiger partial charge in [0.05, 0.1) is 36.9 Å². The molecule has 3 aliphatic rings. The topological polar surface area (TPSA) is 89.5 Å². The maximum atomic E-state index is 6.66. The minimum Gasteiger partial charge on any atom is -0.497 e. The fourth-order valence-electron chi connectivity index (χ4n) is 6.34. The zero-order valence-electron chi connectivity index (χ0n) is 25.0. The fraction of sp³-hybridized carbons (Fsp3) is 0.382. The lowest BCUT2D eigenvalue weighted by Gasteiger charge is -2.33. The largest absolute Gasteiger partial charge is 0.497 e. The molecule has 3 fully saturated rings. The summed E-state index contributed by atoms with van der Waals surface area (Å²) in [7, 11) is 3.29. The first-order chi connectivity index (χ1) is 21.3. The number of methoxy groups -OCH3 is 2. The second-order valence-corrected chi connectivity index (χ2v) is 12.6. The number of aromatic nitrogens is 1. The average molecular weight is 664 g/mol. The number of halogens is 1. The number of hydrogen-bond donors (Lipinski definition) is 1. The van der Waals surface area contributed by atoms with Gasteiger partial charge < -0.3 is 38.5 Å². The van der Waals surface area contributed by atoms with Crippen molar-refractivity contribution >= 4 is 32.7 Å². The lowest BCUT2D eigenvalue weighted by molar-refractivity contribution is -0.222. The summed E-state index contributed by atoms with van der Waals surface area (Å²) in [6.45, 7) is 4.65. The smallest absolute Gasteiger partial charge is 0.192 e. The van der Waals surface area contributed by atoms with Gasteiger partial charge in [-0.3, -0.25) is 0 Å². The molecule has 0 radical (unpaired) electrons. The summed E-state index contributed by atoms with van der Waals surface area (Å²) in [5, 5.41) is 4.47. The molecule has 3 saturated heterocycles. The maximum Gasteiger partial charge on any atom is 0.192 e. The van der Waals surface area contributed by atoms with Crippen LogP contribution >= 0.6 is 15.9 Å². The third-order valence-corrected chi connectivity index (χ3v) is 9.03. The third kappa shape index (κ3) is 5.39. The lowest BCUT2D eigenvalue weighted by Crippen LogP contribution is -2.54. The molecule has 0 spiro atoms. The summed E-state index contributed by atoms with van der Waals surface area (Å²) >= 11 is 3.68. The monoisotopic (exact) mass is 662 g/mol. The quantitative estimate of drug-likeness (QED) is 0.223. The van der Waals surface area contributed by atoms with Gasteiger partial charge in [-0.15, -0.1) is 0 Å². The molecule has 0 saturated carbocycles. The second kappa shape index (κ2) is 11.5. The molecule has 5 atom stereocenters. The number of rotatable bonds is 9. The van der Waals surface area contributed by atoms with Crippen molar-refractivity contribution in [3.8, 4) is 17.2 Å². The van der Waals surface area contributed by atoms with E-state index >= 15 is 0 Å². The van der Waals surface area contributed by atoms with Crippen LogP contribution in [0.5, 0.6) is 17.2 Å². The van der Waals surface area contributed by atoms with Crippen LogP contribution in [0.4, 0.5) is 5.82 Å². The van der Waals surface area contributed by atoms with Gasteiger partial charge in [-0.25, -0.2) is 4.98 Å². The molecule has 3 aromatic carbocycles. The molecule has 0 bridgehead atoms. The number of para-hydroxylation sites is 1. The summed E-state index contributed by atoms with van der Waals surface area (Å²) in [6.07, 6.45) is -0.959. The van der Waals surface area contributed by atoms with Crippen molar-refractivity contribution in [2.45, 2.75) is 62.8 Å². The molecule has 44 heavy (non-hydrogen) atoms. The van der Waals surface area contributed by atoms with Crippen LogP contribution in [0, 0.1) is 0 Å². The van der Waals surface area contributed by atoms with Crippen molar-refractivity contribution in [2.75, 3.05) is 26.1 Å². The van der Waals surface area contributed by atoms with Gasteiger partial charge in [0, 0.05) is 30.0 Å². The van der Waals surface area contributed by atoms with E-state index in [9.17, 15) is 0 Å². The molecule has 230 valence electrons. The number of anilines is 1. The molecular formula is C34H35BrN2O7. The number of pyridine rings is 1. The first-order valence-electron chi connectivity index (χ1n) is 14.7. The highest BCUT2D eigenvalue weighted by Gasteiger charge is 2.70. The Morgan fingerprint density at radius 3 is 2.57 bits per heavy atom. The molecule has 0 aliphatic carbocycles. The molecule has 0 amide bonds. The summed E-state index contributed by atoms with van der Waals surface area (Å²) in [5.74, 6) is 2.20. The van der Waals surface area contributed by atoms with Crippen molar-refractivity contribution in [1.29, 1.82) is 0 Å². The van der Waals surface area contributed by atoms with Crippen LogP contribution in [0.25, 0.3) is 10.9 Å². The molecular weight excluding hydrogens is 628 g/mol. The van der Waals surface area contributed by atoms with Crippen LogP contribution in [0.15, 0.2) is 77.3 Å². The van der Waals surface area contributed by atoms with Gasteiger partial charge in [-0.05, 0) is 71.7 Å². The van der Waals surface area contributed by atoms with Crippen LogP contribution in [0.1, 0.15) is 25.0 Å². The highest BCUT2D eigenvalue weighted by atomic mass is 79.9. The van der Waals surface area contributed by atoms with Crippen LogP contribution in [0.3, 0.4) is 0 Å². The molecule has 9 nitrogen and oxygen atoms in total. The van der Waals surface area contributed by atoms with E-state index in [2.05, 4.69) is 45.5 Å². The number of ether oxygens (including phenoxy) is 7. The van der Waals surface area contributed by atoms with Gasteiger partial charge in [0.2, 0.25) is 0 Å². The number of benzene rings is 3. The van der Waals surface area contributed by atoms with Gasteiger partial charge in [0.25, 0.3) is 0 Å². The van der Waals surface area contributed by atoms with Crippen LogP contribution in [-0.2, 0) is 31.9 Å².